The smallest absolute Gasteiger partial charge is 0.317 e. The Morgan fingerprint density at radius 3 is 2.81 bits per heavy atom. The zero-order chi connectivity index (χ0) is 19.4. The quantitative estimate of drug-likeness (QED) is 0.859. The van der Waals surface area contributed by atoms with Crippen molar-refractivity contribution in [2.45, 2.75) is 33.2 Å². The molecule has 6 nitrogen and oxygen atoms in total. The summed E-state index contributed by atoms with van der Waals surface area (Å²) in [6, 6.07) is 7.99. The number of aromatic nitrogens is 1. The second-order valence-corrected chi connectivity index (χ2v) is 8.03. The van der Waals surface area contributed by atoms with Crippen molar-refractivity contribution in [2.75, 3.05) is 26.2 Å². The molecular formula is C20H26N4O2S. The van der Waals surface area contributed by atoms with Crippen molar-refractivity contribution in [1.29, 1.82) is 0 Å². The summed E-state index contributed by atoms with van der Waals surface area (Å²) in [5.41, 5.74) is 3.31. The van der Waals surface area contributed by atoms with E-state index in [0.29, 0.717) is 26.2 Å². The summed E-state index contributed by atoms with van der Waals surface area (Å²) in [6.45, 7) is 8.40. The Bertz CT molecular complexity index is 820. The van der Waals surface area contributed by atoms with Crippen molar-refractivity contribution in [3.05, 3.63) is 51.5 Å². The first-order valence-corrected chi connectivity index (χ1v) is 10.1. The monoisotopic (exact) mass is 386 g/mol. The van der Waals surface area contributed by atoms with Crippen molar-refractivity contribution in [3.8, 4) is 0 Å². The van der Waals surface area contributed by atoms with Crippen LogP contribution in [0.5, 0.6) is 0 Å². The molecular weight excluding hydrogens is 360 g/mol. The molecule has 2 heterocycles. The molecule has 0 radical (unpaired) electrons. The first-order valence-electron chi connectivity index (χ1n) is 9.20. The molecule has 0 aliphatic carbocycles. The highest BCUT2D eigenvalue weighted by atomic mass is 32.1. The summed E-state index contributed by atoms with van der Waals surface area (Å²) in [4.78, 5) is 32.8. The van der Waals surface area contributed by atoms with E-state index >= 15 is 0 Å². The van der Waals surface area contributed by atoms with Crippen LogP contribution >= 0.6 is 11.3 Å². The molecule has 1 aliphatic heterocycles. The Hall–Kier alpha value is -2.41. The Morgan fingerprint density at radius 2 is 2.15 bits per heavy atom. The highest BCUT2D eigenvalue weighted by Gasteiger charge is 2.27. The molecule has 0 saturated carbocycles. The summed E-state index contributed by atoms with van der Waals surface area (Å²) < 4.78 is 0. The number of aryl methyl sites for hydroxylation is 2. The number of nitrogens with one attached hydrogen (secondary N) is 1. The Balaban J connectivity index is 1.48. The Labute approximate surface area is 164 Å². The number of hydrogen-bond acceptors (Lipinski definition) is 4. The SMILES string of the molecule is Cc1cccc(CN2CCN(C(=O)NC[C@@H](C)c3nc(C)cs3)CC2=O)c1. The molecule has 1 N–H and O–H groups in total. The molecule has 1 aliphatic rings. The van der Waals surface area contributed by atoms with Crippen LogP contribution in [0.4, 0.5) is 4.79 Å². The van der Waals surface area contributed by atoms with E-state index in [-0.39, 0.29) is 24.4 Å². The summed E-state index contributed by atoms with van der Waals surface area (Å²) in [6.07, 6.45) is 0. The van der Waals surface area contributed by atoms with E-state index in [1.807, 2.05) is 49.3 Å². The average molecular weight is 387 g/mol. The van der Waals surface area contributed by atoms with Crippen LogP contribution in [0, 0.1) is 13.8 Å². The second-order valence-electron chi connectivity index (χ2n) is 7.14. The summed E-state index contributed by atoms with van der Waals surface area (Å²) >= 11 is 1.61. The van der Waals surface area contributed by atoms with Crippen LogP contribution < -0.4 is 5.32 Å². The highest BCUT2D eigenvalue weighted by molar-refractivity contribution is 7.09. The largest absolute Gasteiger partial charge is 0.337 e. The third-order valence-electron chi connectivity index (χ3n) is 4.68. The minimum absolute atomic E-state index is 0.0125. The summed E-state index contributed by atoms with van der Waals surface area (Å²) in [5.74, 6) is 0.146. The molecule has 1 atom stereocenters. The van der Waals surface area contributed by atoms with E-state index in [1.54, 1.807) is 16.2 Å². The fourth-order valence-electron chi connectivity index (χ4n) is 3.12. The lowest BCUT2D eigenvalue weighted by Crippen LogP contribution is -2.54. The number of piperazine rings is 1. The van der Waals surface area contributed by atoms with E-state index in [9.17, 15) is 9.59 Å². The number of benzene rings is 1. The van der Waals surface area contributed by atoms with E-state index in [0.717, 1.165) is 16.3 Å². The number of thiazole rings is 1. The van der Waals surface area contributed by atoms with Crippen molar-refractivity contribution in [1.82, 2.24) is 20.1 Å². The van der Waals surface area contributed by atoms with Crippen LogP contribution in [-0.2, 0) is 11.3 Å². The third kappa shape index (κ3) is 5.07. The van der Waals surface area contributed by atoms with Gasteiger partial charge in [0, 0.05) is 43.2 Å². The lowest BCUT2D eigenvalue weighted by Gasteiger charge is -2.34. The number of nitrogens with zero attached hydrogens (tertiary/aromatic N) is 3. The van der Waals surface area contributed by atoms with Crippen LogP contribution in [0.3, 0.4) is 0 Å². The van der Waals surface area contributed by atoms with Gasteiger partial charge in [0.1, 0.15) is 6.54 Å². The summed E-state index contributed by atoms with van der Waals surface area (Å²) in [7, 11) is 0. The fraction of sp³-hybridized carbons (Fsp3) is 0.450. The van der Waals surface area contributed by atoms with Gasteiger partial charge in [-0.15, -0.1) is 11.3 Å². The minimum Gasteiger partial charge on any atom is -0.337 e. The molecule has 3 rings (SSSR count). The van der Waals surface area contributed by atoms with Gasteiger partial charge in [-0.1, -0.05) is 36.8 Å². The third-order valence-corrected chi connectivity index (χ3v) is 5.87. The van der Waals surface area contributed by atoms with Crippen molar-refractivity contribution < 1.29 is 9.59 Å². The van der Waals surface area contributed by atoms with Crippen molar-refractivity contribution >= 4 is 23.3 Å². The predicted molar refractivity (Wildman–Crippen MR) is 107 cm³/mol. The van der Waals surface area contributed by atoms with Crippen molar-refractivity contribution in [2.24, 2.45) is 0 Å². The van der Waals surface area contributed by atoms with Gasteiger partial charge in [-0.05, 0) is 19.4 Å². The van der Waals surface area contributed by atoms with Crippen molar-refractivity contribution in [3.63, 3.8) is 0 Å². The predicted octanol–water partition coefficient (Wildman–Crippen LogP) is 2.92. The molecule has 2 aromatic rings. The average Bonchev–Trinajstić information content (AvgIpc) is 3.07. The highest BCUT2D eigenvalue weighted by Crippen LogP contribution is 2.19. The van der Waals surface area contributed by atoms with Gasteiger partial charge in [0.2, 0.25) is 5.91 Å². The molecule has 1 aromatic carbocycles. The number of urea groups is 1. The molecule has 0 spiro atoms. The molecule has 1 fully saturated rings. The van der Waals surface area contributed by atoms with Crippen LogP contribution in [-0.4, -0.2) is 52.9 Å². The van der Waals surface area contributed by atoms with Gasteiger partial charge in [0.25, 0.3) is 0 Å². The molecule has 27 heavy (non-hydrogen) atoms. The zero-order valence-electron chi connectivity index (χ0n) is 16.1. The van der Waals surface area contributed by atoms with Gasteiger partial charge >= 0.3 is 6.03 Å². The molecule has 0 unspecified atom stereocenters. The number of rotatable bonds is 5. The fourth-order valence-corrected chi connectivity index (χ4v) is 3.97. The molecule has 1 saturated heterocycles. The number of carbonyl (C=O) groups excluding carboxylic acids is 2. The lowest BCUT2D eigenvalue weighted by atomic mass is 10.1. The topological polar surface area (TPSA) is 65.5 Å². The Morgan fingerprint density at radius 1 is 1.33 bits per heavy atom. The van der Waals surface area contributed by atoms with Crippen LogP contribution in [0.15, 0.2) is 29.6 Å². The van der Waals surface area contributed by atoms with Crippen LogP contribution in [0.2, 0.25) is 0 Å². The van der Waals surface area contributed by atoms with E-state index < -0.39 is 0 Å². The van der Waals surface area contributed by atoms with Gasteiger partial charge in [0.15, 0.2) is 0 Å². The van der Waals surface area contributed by atoms with E-state index in [1.165, 1.54) is 5.56 Å². The van der Waals surface area contributed by atoms with Crippen LogP contribution in [0.25, 0.3) is 0 Å². The van der Waals surface area contributed by atoms with Gasteiger partial charge < -0.3 is 15.1 Å². The van der Waals surface area contributed by atoms with Gasteiger partial charge in [0.05, 0.1) is 5.01 Å². The van der Waals surface area contributed by atoms with Gasteiger partial charge in [-0.25, -0.2) is 9.78 Å². The van der Waals surface area contributed by atoms with Gasteiger partial charge in [-0.3, -0.25) is 4.79 Å². The first-order chi connectivity index (χ1) is 12.9. The maximum Gasteiger partial charge on any atom is 0.317 e. The number of amides is 3. The maximum absolute atomic E-state index is 12.5. The Kier molecular flexibility index (Phi) is 6.11. The van der Waals surface area contributed by atoms with E-state index in [4.69, 9.17) is 0 Å². The lowest BCUT2D eigenvalue weighted by molar-refractivity contribution is -0.135. The number of carbonyl (C=O) groups is 2. The molecule has 7 heteroatoms. The molecule has 1 aromatic heterocycles. The number of hydrogen-bond donors (Lipinski definition) is 1. The molecule has 144 valence electrons. The van der Waals surface area contributed by atoms with Crippen LogP contribution in [0.1, 0.15) is 34.7 Å². The molecule has 3 amide bonds. The second kappa shape index (κ2) is 8.52. The normalized spacial score (nSPS) is 15.7. The standard InChI is InChI=1S/C20H26N4O2S/c1-14-5-4-6-17(9-14)11-23-7-8-24(12-18(23)25)20(26)21-10-15(2)19-22-16(3)13-27-19/h4-6,9,13,15H,7-8,10-12H2,1-3H3,(H,21,26)/t15-/m1/s1. The van der Waals surface area contributed by atoms with Gasteiger partial charge in [-0.2, -0.15) is 0 Å². The molecule has 0 bridgehead atoms. The maximum atomic E-state index is 12.5. The zero-order valence-corrected chi connectivity index (χ0v) is 16.9. The minimum atomic E-state index is -0.182. The summed E-state index contributed by atoms with van der Waals surface area (Å²) in [5, 5.41) is 5.97. The first kappa shape index (κ1) is 19.4. The van der Waals surface area contributed by atoms with E-state index in [2.05, 4.69) is 16.4 Å².